The Bertz CT molecular complexity index is 766. The summed E-state index contributed by atoms with van der Waals surface area (Å²) in [6.45, 7) is 2.15. The summed E-state index contributed by atoms with van der Waals surface area (Å²) in [5, 5.41) is 0.873. The minimum atomic E-state index is -0.197. The lowest BCUT2D eigenvalue weighted by molar-refractivity contribution is 0.619. The number of rotatable bonds is 3. The van der Waals surface area contributed by atoms with Crippen LogP contribution < -0.4 is 5.73 Å². The summed E-state index contributed by atoms with van der Waals surface area (Å²) in [6, 6.07) is 15.1. The molecule has 0 aliphatic carbocycles. The van der Waals surface area contributed by atoms with Crippen molar-refractivity contribution >= 4 is 11.3 Å². The van der Waals surface area contributed by atoms with Crippen LogP contribution in [0.5, 0.6) is 0 Å². The Balaban J connectivity index is 2.09. The topological polar surface area (TPSA) is 38.9 Å². The number of hydrogen-bond acceptors (Lipinski definition) is 3. The maximum Gasteiger partial charge on any atom is 0.126 e. The van der Waals surface area contributed by atoms with Crippen molar-refractivity contribution in [1.29, 1.82) is 0 Å². The van der Waals surface area contributed by atoms with Crippen LogP contribution in [0, 0.1) is 12.7 Å². The van der Waals surface area contributed by atoms with Crippen LogP contribution in [-0.4, -0.2) is 4.98 Å². The number of aryl methyl sites for hydroxylation is 1. The van der Waals surface area contributed by atoms with Gasteiger partial charge in [0.2, 0.25) is 0 Å². The van der Waals surface area contributed by atoms with E-state index in [2.05, 4.69) is 4.98 Å². The van der Waals surface area contributed by atoms with Crippen molar-refractivity contribution in [3.8, 4) is 21.0 Å². The van der Waals surface area contributed by atoms with Gasteiger partial charge in [0, 0.05) is 12.1 Å². The third-order valence-electron chi connectivity index (χ3n) is 3.33. The van der Waals surface area contributed by atoms with Gasteiger partial charge in [0.1, 0.15) is 10.8 Å². The van der Waals surface area contributed by atoms with E-state index in [4.69, 9.17) is 5.73 Å². The zero-order chi connectivity index (χ0) is 14.8. The van der Waals surface area contributed by atoms with E-state index in [-0.39, 0.29) is 5.82 Å². The van der Waals surface area contributed by atoms with Gasteiger partial charge >= 0.3 is 0 Å². The molecule has 0 radical (unpaired) electrons. The number of nitrogens with zero attached hydrogens (tertiary/aromatic N) is 1. The summed E-state index contributed by atoms with van der Waals surface area (Å²) in [6.07, 6.45) is 0. The molecule has 0 amide bonds. The summed E-state index contributed by atoms with van der Waals surface area (Å²) >= 11 is 1.59. The summed E-state index contributed by atoms with van der Waals surface area (Å²) < 4.78 is 13.4. The number of aromatic nitrogens is 1. The molecule has 2 nitrogen and oxygen atoms in total. The molecular formula is C17H15FN2S. The maximum atomic E-state index is 13.4. The molecule has 0 saturated heterocycles. The molecule has 3 rings (SSSR count). The van der Waals surface area contributed by atoms with Gasteiger partial charge in [0.15, 0.2) is 0 Å². The van der Waals surface area contributed by atoms with Crippen LogP contribution in [0.3, 0.4) is 0 Å². The molecule has 4 heteroatoms. The number of thiazole rings is 1. The fourth-order valence-electron chi connectivity index (χ4n) is 2.21. The summed E-state index contributed by atoms with van der Waals surface area (Å²) in [4.78, 5) is 5.70. The van der Waals surface area contributed by atoms with E-state index in [9.17, 15) is 4.39 Å². The van der Waals surface area contributed by atoms with Gasteiger partial charge in [-0.3, -0.25) is 0 Å². The third-order valence-corrected chi connectivity index (χ3v) is 4.53. The Morgan fingerprint density at radius 3 is 2.52 bits per heavy atom. The Kier molecular flexibility index (Phi) is 3.82. The van der Waals surface area contributed by atoms with E-state index in [1.807, 2.05) is 36.4 Å². The minimum Gasteiger partial charge on any atom is -0.325 e. The SMILES string of the molecule is Cc1cc(-c2nc(CN)c(-c3ccccc3)s2)ccc1F. The number of nitrogens with two attached hydrogens (primary N) is 1. The van der Waals surface area contributed by atoms with E-state index in [1.54, 1.807) is 24.3 Å². The van der Waals surface area contributed by atoms with E-state index < -0.39 is 0 Å². The molecule has 106 valence electrons. The Morgan fingerprint density at radius 2 is 1.86 bits per heavy atom. The monoisotopic (exact) mass is 298 g/mol. The molecule has 0 fully saturated rings. The molecule has 2 N–H and O–H groups in total. The molecule has 2 aromatic carbocycles. The molecule has 1 heterocycles. The lowest BCUT2D eigenvalue weighted by Gasteiger charge is -1.99. The molecule has 0 aliphatic rings. The van der Waals surface area contributed by atoms with Gasteiger partial charge in [-0.2, -0.15) is 0 Å². The first-order valence-electron chi connectivity index (χ1n) is 6.70. The van der Waals surface area contributed by atoms with Gasteiger partial charge in [-0.15, -0.1) is 11.3 Å². The molecule has 0 spiro atoms. The predicted octanol–water partition coefficient (Wildman–Crippen LogP) is 4.38. The molecule has 0 aliphatic heterocycles. The first-order chi connectivity index (χ1) is 10.2. The number of halogens is 1. The molecule has 0 unspecified atom stereocenters. The fourth-order valence-corrected chi connectivity index (χ4v) is 3.30. The zero-order valence-electron chi connectivity index (χ0n) is 11.6. The average Bonchev–Trinajstić information content (AvgIpc) is 2.95. The van der Waals surface area contributed by atoms with Crippen molar-refractivity contribution in [1.82, 2.24) is 4.98 Å². The van der Waals surface area contributed by atoms with Gasteiger partial charge in [-0.05, 0) is 36.2 Å². The fraction of sp³-hybridized carbons (Fsp3) is 0.118. The standard InChI is InChI=1S/C17H15FN2S/c1-11-9-13(7-8-14(11)18)17-20-15(10-19)16(21-17)12-5-3-2-4-6-12/h2-9H,10,19H2,1H3. The van der Waals surface area contributed by atoms with Crippen molar-refractivity contribution in [3.63, 3.8) is 0 Å². The third kappa shape index (κ3) is 2.73. The largest absolute Gasteiger partial charge is 0.325 e. The van der Waals surface area contributed by atoms with Crippen LogP contribution in [0.1, 0.15) is 11.3 Å². The van der Waals surface area contributed by atoms with Crippen molar-refractivity contribution in [2.45, 2.75) is 13.5 Å². The first-order valence-corrected chi connectivity index (χ1v) is 7.52. The van der Waals surface area contributed by atoms with E-state index in [1.165, 1.54) is 6.07 Å². The maximum absolute atomic E-state index is 13.4. The van der Waals surface area contributed by atoms with Crippen LogP contribution >= 0.6 is 11.3 Å². The highest BCUT2D eigenvalue weighted by atomic mass is 32.1. The van der Waals surface area contributed by atoms with Crippen LogP contribution in [0.2, 0.25) is 0 Å². The lowest BCUT2D eigenvalue weighted by Crippen LogP contribution is -1.98. The van der Waals surface area contributed by atoms with E-state index >= 15 is 0 Å². The Hall–Kier alpha value is -2.04. The Morgan fingerprint density at radius 1 is 1.10 bits per heavy atom. The summed E-state index contributed by atoms with van der Waals surface area (Å²) in [5.74, 6) is -0.197. The van der Waals surface area contributed by atoms with Crippen LogP contribution in [-0.2, 0) is 6.54 Å². The van der Waals surface area contributed by atoms with Crippen LogP contribution in [0.25, 0.3) is 21.0 Å². The van der Waals surface area contributed by atoms with Crippen molar-refractivity contribution in [2.24, 2.45) is 5.73 Å². The minimum absolute atomic E-state index is 0.197. The molecular weight excluding hydrogens is 283 g/mol. The van der Waals surface area contributed by atoms with Gasteiger partial charge in [0.25, 0.3) is 0 Å². The second-order valence-corrected chi connectivity index (χ2v) is 5.83. The normalized spacial score (nSPS) is 10.8. The van der Waals surface area contributed by atoms with Gasteiger partial charge in [-0.1, -0.05) is 30.3 Å². The quantitative estimate of drug-likeness (QED) is 0.779. The molecule has 0 saturated carbocycles. The van der Waals surface area contributed by atoms with Gasteiger partial charge < -0.3 is 5.73 Å². The number of hydrogen-bond donors (Lipinski definition) is 1. The predicted molar refractivity (Wildman–Crippen MR) is 85.6 cm³/mol. The van der Waals surface area contributed by atoms with Crippen molar-refractivity contribution in [2.75, 3.05) is 0 Å². The first kappa shape index (κ1) is 13.9. The van der Waals surface area contributed by atoms with Crippen LogP contribution in [0.15, 0.2) is 48.5 Å². The second kappa shape index (κ2) is 5.76. The summed E-state index contributed by atoms with van der Waals surface area (Å²) in [5.41, 5.74) is 9.36. The molecule has 0 bridgehead atoms. The molecule has 1 aromatic heterocycles. The van der Waals surface area contributed by atoms with E-state index in [0.717, 1.165) is 26.7 Å². The molecule has 3 aromatic rings. The van der Waals surface area contributed by atoms with Gasteiger partial charge in [0.05, 0.1) is 10.6 Å². The lowest BCUT2D eigenvalue weighted by atomic mass is 10.1. The highest BCUT2D eigenvalue weighted by Crippen LogP contribution is 2.35. The molecule has 0 atom stereocenters. The summed E-state index contributed by atoms with van der Waals surface area (Å²) in [7, 11) is 0. The van der Waals surface area contributed by atoms with E-state index in [0.29, 0.717) is 12.1 Å². The second-order valence-electron chi connectivity index (χ2n) is 4.83. The zero-order valence-corrected chi connectivity index (χ0v) is 12.5. The smallest absolute Gasteiger partial charge is 0.126 e. The van der Waals surface area contributed by atoms with Crippen molar-refractivity contribution < 1.29 is 4.39 Å². The van der Waals surface area contributed by atoms with Crippen LogP contribution in [0.4, 0.5) is 4.39 Å². The molecule has 21 heavy (non-hydrogen) atoms. The van der Waals surface area contributed by atoms with Gasteiger partial charge in [-0.25, -0.2) is 9.37 Å². The number of benzene rings is 2. The average molecular weight is 298 g/mol. The Labute approximate surface area is 127 Å². The highest BCUT2D eigenvalue weighted by molar-refractivity contribution is 7.18. The highest BCUT2D eigenvalue weighted by Gasteiger charge is 2.13. The van der Waals surface area contributed by atoms with Crippen molar-refractivity contribution in [3.05, 3.63) is 65.6 Å².